The maximum Gasteiger partial charge on any atom is 0.187 e. The second-order valence-electron chi connectivity index (χ2n) is 4.27. The van der Waals surface area contributed by atoms with Crippen molar-refractivity contribution in [2.24, 2.45) is 0 Å². The Kier molecular flexibility index (Phi) is 5.86. The molecule has 0 heterocycles. The molecule has 0 bridgehead atoms. The highest BCUT2D eigenvalue weighted by molar-refractivity contribution is 8.12. The minimum absolute atomic E-state index is 0.0455. The first-order valence-electron chi connectivity index (χ1n) is 5.89. The van der Waals surface area contributed by atoms with E-state index in [1.165, 1.54) is 23.9 Å². The van der Waals surface area contributed by atoms with E-state index in [0.29, 0.717) is 5.75 Å². The number of halogens is 3. The lowest BCUT2D eigenvalue weighted by atomic mass is 10.2. The van der Waals surface area contributed by atoms with Crippen molar-refractivity contribution in [3.63, 3.8) is 0 Å². The van der Waals surface area contributed by atoms with Crippen LogP contribution in [-0.2, 0) is 15.6 Å². The number of hydrogen-bond acceptors (Lipinski definition) is 3. The molecule has 2 nitrogen and oxygen atoms in total. The van der Waals surface area contributed by atoms with Crippen LogP contribution in [0.25, 0.3) is 0 Å². The zero-order chi connectivity index (χ0) is 15.5. The lowest BCUT2D eigenvalue weighted by Gasteiger charge is -2.07. The van der Waals surface area contributed by atoms with Crippen LogP contribution < -0.4 is 0 Å². The monoisotopic (exact) mass is 380 g/mol. The zero-order valence-electron chi connectivity index (χ0n) is 10.7. The van der Waals surface area contributed by atoms with Gasteiger partial charge in [0, 0.05) is 5.75 Å². The highest BCUT2D eigenvalue weighted by Crippen LogP contribution is 2.33. The van der Waals surface area contributed by atoms with Gasteiger partial charge in [0.15, 0.2) is 9.84 Å². The van der Waals surface area contributed by atoms with E-state index in [2.05, 4.69) is 0 Å². The van der Waals surface area contributed by atoms with Crippen LogP contribution >= 0.6 is 46.6 Å². The Morgan fingerprint density at radius 2 is 1.52 bits per heavy atom. The third-order valence-electron chi connectivity index (χ3n) is 2.67. The van der Waals surface area contributed by atoms with E-state index < -0.39 is 9.84 Å². The average Bonchev–Trinajstić information content (AvgIpc) is 2.45. The lowest BCUT2D eigenvalue weighted by Crippen LogP contribution is -2.04. The van der Waals surface area contributed by atoms with Gasteiger partial charge in [-0.2, -0.15) is 0 Å². The van der Waals surface area contributed by atoms with Crippen LogP contribution in [0.15, 0.2) is 47.4 Å². The van der Waals surface area contributed by atoms with Crippen molar-refractivity contribution in [2.75, 3.05) is 5.08 Å². The Hall–Kier alpha value is -0.390. The Bertz CT molecular complexity index is 708. The van der Waals surface area contributed by atoms with Crippen molar-refractivity contribution in [3.05, 3.63) is 63.1 Å². The molecule has 2 aromatic rings. The van der Waals surface area contributed by atoms with E-state index in [4.69, 9.17) is 34.8 Å². The highest BCUT2D eigenvalue weighted by Gasteiger charge is 2.18. The van der Waals surface area contributed by atoms with Gasteiger partial charge in [-0.3, -0.25) is 0 Å². The first-order chi connectivity index (χ1) is 9.90. The average molecular weight is 382 g/mol. The molecule has 2 aromatic carbocycles. The summed E-state index contributed by atoms with van der Waals surface area (Å²) in [4.78, 5) is 0.0856. The van der Waals surface area contributed by atoms with E-state index in [0.717, 1.165) is 5.56 Å². The summed E-state index contributed by atoms with van der Waals surface area (Å²) in [5.41, 5.74) is 1.07. The van der Waals surface area contributed by atoms with E-state index in [1.807, 2.05) is 30.3 Å². The Labute approximate surface area is 143 Å². The summed E-state index contributed by atoms with van der Waals surface area (Å²) in [5, 5.41) is 0.386. The topological polar surface area (TPSA) is 34.1 Å². The quantitative estimate of drug-likeness (QED) is 0.658. The third kappa shape index (κ3) is 4.54. The van der Waals surface area contributed by atoms with Crippen molar-refractivity contribution >= 4 is 56.4 Å². The van der Waals surface area contributed by atoms with Gasteiger partial charge in [-0.05, 0) is 17.7 Å². The van der Waals surface area contributed by atoms with Crippen LogP contribution in [0.2, 0.25) is 15.1 Å². The second-order valence-corrected chi connectivity index (χ2v) is 8.80. The summed E-state index contributed by atoms with van der Waals surface area (Å²) in [6, 6.07) is 12.3. The lowest BCUT2D eigenvalue weighted by molar-refractivity contribution is 0.601. The molecule has 112 valence electrons. The molecule has 0 atom stereocenters. The van der Waals surface area contributed by atoms with Gasteiger partial charge in [-0.1, -0.05) is 65.1 Å². The normalized spacial score (nSPS) is 11.6. The van der Waals surface area contributed by atoms with Crippen molar-refractivity contribution in [1.82, 2.24) is 0 Å². The van der Waals surface area contributed by atoms with Crippen LogP contribution in [0.3, 0.4) is 0 Å². The van der Waals surface area contributed by atoms with Crippen molar-refractivity contribution < 1.29 is 8.42 Å². The fourth-order valence-electron chi connectivity index (χ4n) is 1.62. The molecule has 7 heteroatoms. The summed E-state index contributed by atoms with van der Waals surface area (Å²) in [5.74, 6) is 0.620. The van der Waals surface area contributed by atoms with Gasteiger partial charge >= 0.3 is 0 Å². The largest absolute Gasteiger partial charge is 0.223 e. The maximum atomic E-state index is 12.3. The molecule has 0 fully saturated rings. The van der Waals surface area contributed by atoms with Crippen LogP contribution in [0.5, 0.6) is 0 Å². The van der Waals surface area contributed by atoms with Gasteiger partial charge < -0.3 is 0 Å². The molecule has 0 aliphatic heterocycles. The van der Waals surface area contributed by atoms with E-state index in [9.17, 15) is 8.42 Å². The third-order valence-corrected chi connectivity index (χ3v) is 7.26. The Morgan fingerprint density at radius 1 is 0.952 bits per heavy atom. The molecule has 0 amide bonds. The van der Waals surface area contributed by atoms with Gasteiger partial charge in [-0.15, -0.1) is 11.8 Å². The molecule has 0 unspecified atom stereocenters. The number of thioether (sulfide) groups is 1. The van der Waals surface area contributed by atoms with E-state index >= 15 is 0 Å². The molecule has 0 aliphatic carbocycles. The summed E-state index contributed by atoms with van der Waals surface area (Å²) in [6.07, 6.45) is 0. The fraction of sp³-hybridized carbons (Fsp3) is 0.143. The number of rotatable bonds is 5. The van der Waals surface area contributed by atoms with Crippen molar-refractivity contribution in [1.29, 1.82) is 0 Å². The van der Waals surface area contributed by atoms with Crippen molar-refractivity contribution in [3.8, 4) is 0 Å². The molecule has 0 aromatic heterocycles. The first-order valence-corrected chi connectivity index (χ1v) is 9.83. The molecule has 0 saturated heterocycles. The molecule has 2 rings (SSSR count). The standard InChI is InChI=1S/C14H11Cl3O2S2/c15-12-6-11(7-13(16)14(12)17)21(18,19)9-20-8-10-4-2-1-3-5-10/h1-7H,8-9H2. The molecule has 0 spiro atoms. The van der Waals surface area contributed by atoms with Gasteiger partial charge in [-0.25, -0.2) is 8.42 Å². The fourth-order valence-corrected chi connectivity index (χ4v) is 5.13. The number of hydrogen-bond donors (Lipinski definition) is 0. The number of benzene rings is 2. The second kappa shape index (κ2) is 7.25. The SMILES string of the molecule is O=S(=O)(CSCc1ccccc1)c1cc(Cl)c(Cl)c(Cl)c1. The van der Waals surface area contributed by atoms with Crippen LogP contribution in [-0.4, -0.2) is 13.5 Å². The first kappa shape index (κ1) is 17.0. The summed E-state index contributed by atoms with van der Waals surface area (Å²) in [6.45, 7) is 0. The Morgan fingerprint density at radius 3 is 2.10 bits per heavy atom. The number of sulfone groups is 1. The zero-order valence-corrected chi connectivity index (χ0v) is 14.6. The van der Waals surface area contributed by atoms with Crippen LogP contribution in [0.1, 0.15) is 5.56 Å². The van der Waals surface area contributed by atoms with Gasteiger partial charge in [0.05, 0.1) is 20.0 Å². The molecule has 0 radical (unpaired) electrons. The molecular formula is C14H11Cl3O2S2. The summed E-state index contributed by atoms with van der Waals surface area (Å²) in [7, 11) is -3.46. The predicted octanol–water partition coefficient (Wildman–Crippen LogP) is 5.31. The minimum Gasteiger partial charge on any atom is -0.223 e. The molecule has 0 aliphatic rings. The molecule has 21 heavy (non-hydrogen) atoms. The van der Waals surface area contributed by atoms with Gasteiger partial charge in [0.25, 0.3) is 0 Å². The van der Waals surface area contributed by atoms with Crippen molar-refractivity contribution in [2.45, 2.75) is 10.6 Å². The Balaban J connectivity index is 2.09. The van der Waals surface area contributed by atoms with E-state index in [1.54, 1.807) is 0 Å². The molecule has 0 N–H and O–H groups in total. The van der Waals surface area contributed by atoms with Gasteiger partial charge in [0.1, 0.15) is 5.08 Å². The summed E-state index contributed by atoms with van der Waals surface area (Å²) >= 11 is 18.9. The van der Waals surface area contributed by atoms with Crippen LogP contribution in [0, 0.1) is 0 Å². The minimum atomic E-state index is -3.46. The van der Waals surface area contributed by atoms with Crippen LogP contribution in [0.4, 0.5) is 0 Å². The smallest absolute Gasteiger partial charge is 0.187 e. The predicted molar refractivity (Wildman–Crippen MR) is 91.3 cm³/mol. The summed E-state index contributed by atoms with van der Waals surface area (Å²) < 4.78 is 24.5. The highest BCUT2D eigenvalue weighted by atomic mass is 35.5. The molecule has 0 saturated carbocycles. The van der Waals surface area contributed by atoms with Gasteiger partial charge in [0.2, 0.25) is 0 Å². The molecular weight excluding hydrogens is 371 g/mol. The van der Waals surface area contributed by atoms with E-state index in [-0.39, 0.29) is 25.0 Å². The maximum absolute atomic E-state index is 12.3.